The van der Waals surface area contributed by atoms with Crippen LogP contribution in [-0.4, -0.2) is 43.5 Å². The van der Waals surface area contributed by atoms with Crippen LogP contribution in [0.25, 0.3) is 0 Å². The average Bonchev–Trinajstić information content (AvgIpc) is 2.90. The van der Waals surface area contributed by atoms with Crippen LogP contribution < -0.4 is 10.1 Å². The number of anilines is 1. The first-order valence-electron chi connectivity index (χ1n) is 8.89. The van der Waals surface area contributed by atoms with Gasteiger partial charge in [0.25, 0.3) is 0 Å². The molecule has 2 N–H and O–H groups in total. The number of thioether (sulfide) groups is 1. The van der Waals surface area contributed by atoms with E-state index < -0.39 is 16.9 Å². The number of nitrogens with one attached hydrogen (secondary N) is 1. The van der Waals surface area contributed by atoms with Crippen LogP contribution in [0.2, 0.25) is 5.02 Å². The lowest BCUT2D eigenvalue weighted by molar-refractivity contribution is -0.115. The molecule has 0 aromatic heterocycles. The summed E-state index contributed by atoms with van der Waals surface area (Å²) in [7, 11) is 1.51. The molecule has 0 aliphatic carbocycles. The molecule has 2 aromatic carbocycles. The maximum atomic E-state index is 12.8. The first kappa shape index (κ1) is 21.7. The number of ether oxygens (including phenoxy) is 1. The highest BCUT2D eigenvalue weighted by atomic mass is 35.5. The molecule has 1 fully saturated rings. The Labute approximate surface area is 184 Å². The summed E-state index contributed by atoms with van der Waals surface area (Å²) < 4.78 is 5.24. The highest BCUT2D eigenvalue weighted by Gasteiger charge is 2.49. The van der Waals surface area contributed by atoms with Gasteiger partial charge >= 0.3 is 6.03 Å². The van der Waals surface area contributed by atoms with Crippen LogP contribution in [0.1, 0.15) is 19.4 Å². The number of carbonyl (C=O) groups is 1. The smallest absolute Gasteiger partial charge is 0.347 e. The van der Waals surface area contributed by atoms with Gasteiger partial charge in [-0.3, -0.25) is 5.21 Å². The topological polar surface area (TPSA) is 65.0 Å². The molecule has 0 saturated carbocycles. The Morgan fingerprint density at radius 1 is 1.34 bits per heavy atom. The van der Waals surface area contributed by atoms with E-state index in [9.17, 15) is 10.0 Å². The molecular formula is C20H22ClN3O3S2. The molecule has 3 rings (SSSR count). The maximum Gasteiger partial charge on any atom is 0.347 e. The predicted octanol–water partition coefficient (Wildman–Crippen LogP) is 5.21. The first-order chi connectivity index (χ1) is 13.7. The zero-order valence-corrected chi connectivity index (χ0v) is 18.6. The van der Waals surface area contributed by atoms with Gasteiger partial charge in [-0.05, 0) is 37.6 Å². The average molecular weight is 452 g/mol. The standard InChI is InChI=1S/C20H22ClN3O3S2/c1-20(2)17(23(19(28)29-20)12-13-7-5-4-6-8-13)24(26)18(25)22-14-9-10-16(27-3)15(21)11-14/h4-11,17,26H,12H2,1-3H3,(H,22,25)/t17-/m0/s1. The van der Waals surface area contributed by atoms with Crippen molar-refractivity contribution in [3.63, 3.8) is 0 Å². The van der Waals surface area contributed by atoms with E-state index in [1.54, 1.807) is 18.2 Å². The van der Waals surface area contributed by atoms with E-state index in [0.29, 0.717) is 32.4 Å². The van der Waals surface area contributed by atoms with Gasteiger partial charge in [0, 0.05) is 12.2 Å². The summed E-state index contributed by atoms with van der Waals surface area (Å²) in [5.74, 6) is 0.498. The van der Waals surface area contributed by atoms with Crippen molar-refractivity contribution in [3.05, 3.63) is 59.1 Å². The van der Waals surface area contributed by atoms with E-state index in [1.807, 2.05) is 49.1 Å². The van der Waals surface area contributed by atoms with Crippen molar-refractivity contribution in [2.75, 3.05) is 12.4 Å². The van der Waals surface area contributed by atoms with Crippen molar-refractivity contribution in [1.82, 2.24) is 9.96 Å². The lowest BCUT2D eigenvalue weighted by atomic mass is 10.1. The van der Waals surface area contributed by atoms with Crippen molar-refractivity contribution >= 4 is 51.6 Å². The minimum atomic E-state index is -0.673. The van der Waals surface area contributed by atoms with Gasteiger partial charge in [0.05, 0.1) is 16.9 Å². The first-order valence-corrected chi connectivity index (χ1v) is 10.5. The van der Waals surface area contributed by atoms with Crippen molar-refractivity contribution in [2.45, 2.75) is 31.3 Å². The maximum absolute atomic E-state index is 12.8. The molecule has 0 bridgehead atoms. The second-order valence-corrected chi connectivity index (χ2v) is 9.78. The van der Waals surface area contributed by atoms with Crippen LogP contribution in [0.5, 0.6) is 5.75 Å². The molecule has 1 atom stereocenters. The van der Waals surface area contributed by atoms with Crippen LogP contribution in [0, 0.1) is 0 Å². The van der Waals surface area contributed by atoms with Gasteiger partial charge in [0.15, 0.2) is 0 Å². The molecule has 1 saturated heterocycles. The number of rotatable bonds is 5. The third-order valence-corrected chi connectivity index (χ3v) is 6.47. The second-order valence-electron chi connectivity index (χ2n) is 7.08. The van der Waals surface area contributed by atoms with Gasteiger partial charge in [0.1, 0.15) is 16.2 Å². The molecule has 1 aliphatic rings. The summed E-state index contributed by atoms with van der Waals surface area (Å²) in [6, 6.07) is 14.0. The second kappa shape index (κ2) is 8.79. The molecule has 1 heterocycles. The summed E-state index contributed by atoms with van der Waals surface area (Å²) in [4.78, 5) is 14.6. The zero-order valence-electron chi connectivity index (χ0n) is 16.3. The van der Waals surface area contributed by atoms with E-state index in [0.717, 1.165) is 5.56 Å². The summed E-state index contributed by atoms with van der Waals surface area (Å²) in [5, 5.41) is 14.5. The van der Waals surface area contributed by atoms with Crippen molar-refractivity contribution < 1.29 is 14.7 Å². The van der Waals surface area contributed by atoms with Crippen molar-refractivity contribution in [3.8, 4) is 5.75 Å². The molecule has 0 spiro atoms. The number of amides is 2. The lowest BCUT2D eigenvalue weighted by Crippen LogP contribution is -2.55. The highest BCUT2D eigenvalue weighted by molar-refractivity contribution is 8.24. The third-order valence-electron chi connectivity index (χ3n) is 4.54. The molecule has 1 aliphatic heterocycles. The molecule has 29 heavy (non-hydrogen) atoms. The monoisotopic (exact) mass is 451 g/mol. The Bertz CT molecular complexity index is 911. The fraction of sp³-hybridized carbons (Fsp3) is 0.300. The van der Waals surface area contributed by atoms with Gasteiger partial charge in [0.2, 0.25) is 0 Å². The molecule has 0 unspecified atom stereocenters. The Morgan fingerprint density at radius 3 is 2.66 bits per heavy atom. The van der Waals surface area contributed by atoms with E-state index in [-0.39, 0.29) is 0 Å². The fourth-order valence-electron chi connectivity index (χ4n) is 3.21. The number of benzene rings is 2. The number of urea groups is 1. The molecule has 0 radical (unpaired) electrons. The summed E-state index contributed by atoms with van der Waals surface area (Å²) >= 11 is 13.1. The Kier molecular flexibility index (Phi) is 6.58. The number of hydrogen-bond acceptors (Lipinski definition) is 5. The van der Waals surface area contributed by atoms with E-state index in [1.165, 1.54) is 18.9 Å². The van der Waals surface area contributed by atoms with Gasteiger partial charge < -0.3 is 15.0 Å². The normalized spacial score (nSPS) is 17.9. The minimum absolute atomic E-state index is 0.360. The highest BCUT2D eigenvalue weighted by Crippen LogP contribution is 2.43. The van der Waals surface area contributed by atoms with Gasteiger partial charge in [-0.1, -0.05) is 65.9 Å². The van der Waals surface area contributed by atoms with E-state index >= 15 is 0 Å². The van der Waals surface area contributed by atoms with Gasteiger partial charge in [-0.15, -0.1) is 0 Å². The lowest BCUT2D eigenvalue weighted by Gasteiger charge is -2.36. The summed E-state index contributed by atoms with van der Waals surface area (Å²) in [5.41, 5.74) is 1.48. The molecule has 154 valence electrons. The zero-order chi connectivity index (χ0) is 21.2. The van der Waals surface area contributed by atoms with Crippen molar-refractivity contribution in [2.24, 2.45) is 0 Å². The minimum Gasteiger partial charge on any atom is -0.495 e. The number of hydroxylamine groups is 2. The molecular weight excluding hydrogens is 430 g/mol. The van der Waals surface area contributed by atoms with Crippen LogP contribution in [0.4, 0.5) is 10.5 Å². The Morgan fingerprint density at radius 2 is 2.03 bits per heavy atom. The number of halogens is 1. The number of methoxy groups -OCH3 is 1. The molecule has 2 amide bonds. The quantitative estimate of drug-likeness (QED) is 0.369. The van der Waals surface area contributed by atoms with Gasteiger partial charge in [-0.25, -0.2) is 4.79 Å². The van der Waals surface area contributed by atoms with Crippen LogP contribution in [0.3, 0.4) is 0 Å². The van der Waals surface area contributed by atoms with Gasteiger partial charge in [-0.2, -0.15) is 5.06 Å². The Balaban J connectivity index is 1.80. The van der Waals surface area contributed by atoms with E-state index in [2.05, 4.69) is 5.32 Å². The van der Waals surface area contributed by atoms with E-state index in [4.69, 9.17) is 28.6 Å². The van der Waals surface area contributed by atoms with Crippen LogP contribution in [-0.2, 0) is 6.54 Å². The summed E-state index contributed by atoms with van der Waals surface area (Å²) in [6.07, 6.45) is -0.645. The number of carbonyl (C=O) groups excluding carboxylic acids is 1. The molecule has 9 heteroatoms. The summed E-state index contributed by atoms with van der Waals surface area (Å²) in [6.45, 7) is 4.38. The fourth-order valence-corrected chi connectivity index (χ4v) is 5.34. The SMILES string of the molecule is COc1ccc(NC(=O)N(O)[C@@H]2N(Cc3ccccc3)C(=S)SC2(C)C)cc1Cl. The number of thiocarbonyl (C=S) groups is 1. The molecule has 2 aromatic rings. The third kappa shape index (κ3) is 4.78. The predicted molar refractivity (Wildman–Crippen MR) is 121 cm³/mol. The van der Waals surface area contributed by atoms with Crippen LogP contribution >= 0.6 is 35.6 Å². The Hall–Kier alpha value is -2.00. The molecule has 6 nitrogen and oxygen atoms in total. The van der Waals surface area contributed by atoms with Crippen molar-refractivity contribution in [1.29, 1.82) is 0 Å². The number of hydrogen-bond donors (Lipinski definition) is 2. The largest absolute Gasteiger partial charge is 0.495 e. The van der Waals surface area contributed by atoms with Crippen LogP contribution in [0.15, 0.2) is 48.5 Å². The number of nitrogens with zero attached hydrogens (tertiary/aromatic N) is 2.